The third kappa shape index (κ3) is 4.87. The maximum absolute atomic E-state index is 13.0. The standard InChI is InChI=1S/C16H13F3N4OS/c1-2-5-13-22-23-15(25-13)21-14(24)11(9-20)8-10-6-3-4-7-12(10)16(17,18)19/h3-4,6-8H,2,5H2,1H3,(H,21,23,24)/b11-8-. The molecular formula is C16H13F3N4OS. The molecule has 0 radical (unpaired) electrons. The quantitative estimate of drug-likeness (QED) is 0.639. The lowest BCUT2D eigenvalue weighted by Crippen LogP contribution is -2.14. The van der Waals surface area contributed by atoms with E-state index in [1.54, 1.807) is 6.07 Å². The van der Waals surface area contributed by atoms with Crippen LogP contribution in [-0.2, 0) is 17.4 Å². The highest BCUT2D eigenvalue weighted by Gasteiger charge is 2.32. The van der Waals surface area contributed by atoms with Gasteiger partial charge in [0.2, 0.25) is 5.13 Å². The zero-order valence-electron chi connectivity index (χ0n) is 13.1. The smallest absolute Gasteiger partial charge is 0.296 e. The number of hydrogen-bond donors (Lipinski definition) is 1. The van der Waals surface area contributed by atoms with Gasteiger partial charge in [-0.2, -0.15) is 18.4 Å². The van der Waals surface area contributed by atoms with Crippen LogP contribution < -0.4 is 5.32 Å². The summed E-state index contributed by atoms with van der Waals surface area (Å²) < 4.78 is 39.0. The second-order valence-electron chi connectivity index (χ2n) is 4.96. The summed E-state index contributed by atoms with van der Waals surface area (Å²) in [6.45, 7) is 1.97. The summed E-state index contributed by atoms with van der Waals surface area (Å²) in [6.07, 6.45) is -2.11. The van der Waals surface area contributed by atoms with Crippen LogP contribution in [0.2, 0.25) is 0 Å². The topological polar surface area (TPSA) is 78.7 Å². The molecule has 2 aromatic rings. The molecule has 1 aromatic carbocycles. The first-order chi connectivity index (χ1) is 11.8. The lowest BCUT2D eigenvalue weighted by molar-refractivity contribution is -0.137. The summed E-state index contributed by atoms with van der Waals surface area (Å²) in [5.74, 6) is -0.835. The van der Waals surface area contributed by atoms with Gasteiger partial charge in [0.05, 0.1) is 5.56 Å². The minimum atomic E-state index is -4.58. The highest BCUT2D eigenvalue weighted by atomic mass is 32.1. The number of nitrogens with zero attached hydrogens (tertiary/aromatic N) is 3. The van der Waals surface area contributed by atoms with Crippen LogP contribution in [0, 0.1) is 11.3 Å². The van der Waals surface area contributed by atoms with E-state index in [0.717, 1.165) is 34.9 Å². The van der Waals surface area contributed by atoms with Crippen molar-refractivity contribution in [1.29, 1.82) is 5.26 Å². The number of anilines is 1. The first kappa shape index (κ1) is 18.6. The van der Waals surface area contributed by atoms with Crippen molar-refractivity contribution in [1.82, 2.24) is 10.2 Å². The number of nitriles is 1. The molecule has 1 N–H and O–H groups in total. The number of alkyl halides is 3. The van der Waals surface area contributed by atoms with Crippen molar-refractivity contribution in [3.05, 3.63) is 46.0 Å². The third-order valence-electron chi connectivity index (χ3n) is 3.08. The van der Waals surface area contributed by atoms with Crippen molar-refractivity contribution in [3.63, 3.8) is 0 Å². The predicted molar refractivity (Wildman–Crippen MR) is 87.6 cm³/mol. The Bertz CT molecular complexity index is 836. The molecule has 0 atom stereocenters. The Morgan fingerprint density at radius 3 is 2.72 bits per heavy atom. The fraction of sp³-hybridized carbons (Fsp3) is 0.250. The van der Waals surface area contributed by atoms with Gasteiger partial charge in [-0.3, -0.25) is 10.1 Å². The third-order valence-corrected chi connectivity index (χ3v) is 3.98. The van der Waals surface area contributed by atoms with Crippen LogP contribution in [0.15, 0.2) is 29.8 Å². The highest BCUT2D eigenvalue weighted by Crippen LogP contribution is 2.32. The number of benzene rings is 1. The Hall–Kier alpha value is -2.73. The van der Waals surface area contributed by atoms with Gasteiger partial charge in [-0.15, -0.1) is 10.2 Å². The molecule has 0 saturated carbocycles. The molecule has 25 heavy (non-hydrogen) atoms. The van der Waals surface area contributed by atoms with Gasteiger partial charge in [-0.1, -0.05) is 36.5 Å². The molecule has 2 rings (SSSR count). The lowest BCUT2D eigenvalue weighted by atomic mass is 10.0. The monoisotopic (exact) mass is 366 g/mol. The van der Waals surface area contributed by atoms with Crippen LogP contribution in [0.4, 0.5) is 18.3 Å². The molecular weight excluding hydrogens is 353 g/mol. The fourth-order valence-electron chi connectivity index (χ4n) is 1.97. The first-order valence-corrected chi connectivity index (χ1v) is 8.08. The van der Waals surface area contributed by atoms with Crippen LogP contribution in [0.5, 0.6) is 0 Å². The van der Waals surface area contributed by atoms with Gasteiger partial charge in [-0.05, 0) is 24.1 Å². The molecule has 1 heterocycles. The number of carbonyl (C=O) groups is 1. The van der Waals surface area contributed by atoms with E-state index in [1.807, 2.05) is 6.92 Å². The van der Waals surface area contributed by atoms with Crippen LogP contribution in [0.1, 0.15) is 29.5 Å². The van der Waals surface area contributed by atoms with Crippen molar-refractivity contribution in [2.24, 2.45) is 0 Å². The second kappa shape index (κ2) is 7.90. The van der Waals surface area contributed by atoms with E-state index in [2.05, 4.69) is 15.5 Å². The second-order valence-corrected chi connectivity index (χ2v) is 6.02. The Balaban J connectivity index is 2.26. The van der Waals surface area contributed by atoms with Gasteiger partial charge in [0, 0.05) is 6.42 Å². The highest BCUT2D eigenvalue weighted by molar-refractivity contribution is 7.15. The van der Waals surface area contributed by atoms with Gasteiger partial charge < -0.3 is 0 Å². The fourth-order valence-corrected chi connectivity index (χ4v) is 2.80. The molecule has 9 heteroatoms. The molecule has 0 spiro atoms. The number of halogens is 3. The molecule has 0 aliphatic carbocycles. The number of hydrogen-bond acceptors (Lipinski definition) is 5. The van der Waals surface area contributed by atoms with Crippen molar-refractivity contribution in [2.75, 3.05) is 5.32 Å². The molecule has 1 amide bonds. The lowest BCUT2D eigenvalue weighted by Gasteiger charge is -2.10. The number of amides is 1. The zero-order chi connectivity index (χ0) is 18.4. The van der Waals surface area contributed by atoms with Crippen LogP contribution in [0.3, 0.4) is 0 Å². The molecule has 130 valence electrons. The largest absolute Gasteiger partial charge is 0.416 e. The predicted octanol–water partition coefficient (Wildman–Crippen LogP) is 4.06. The Kier molecular flexibility index (Phi) is 5.88. The normalized spacial score (nSPS) is 11.9. The van der Waals surface area contributed by atoms with Crippen LogP contribution in [-0.4, -0.2) is 16.1 Å². The number of nitrogens with one attached hydrogen (secondary N) is 1. The molecule has 5 nitrogen and oxygen atoms in total. The number of rotatable bonds is 5. The summed E-state index contributed by atoms with van der Waals surface area (Å²) in [5, 5.41) is 20.1. The number of carbonyl (C=O) groups excluding carboxylic acids is 1. The Labute approximate surface area is 145 Å². The average molecular weight is 366 g/mol. The average Bonchev–Trinajstić information content (AvgIpc) is 2.99. The molecule has 0 unspecified atom stereocenters. The molecule has 1 aromatic heterocycles. The zero-order valence-corrected chi connectivity index (χ0v) is 13.9. The van der Waals surface area contributed by atoms with Crippen LogP contribution >= 0.6 is 11.3 Å². The van der Waals surface area contributed by atoms with E-state index in [-0.39, 0.29) is 10.7 Å². The summed E-state index contributed by atoms with van der Waals surface area (Å²) >= 11 is 1.16. The minimum Gasteiger partial charge on any atom is -0.296 e. The molecule has 0 bridgehead atoms. The summed E-state index contributed by atoms with van der Waals surface area (Å²) in [4.78, 5) is 12.1. The van der Waals surface area contributed by atoms with Gasteiger partial charge >= 0.3 is 6.18 Å². The summed E-state index contributed by atoms with van der Waals surface area (Å²) in [7, 11) is 0. The molecule has 0 fully saturated rings. The minimum absolute atomic E-state index is 0.193. The van der Waals surface area contributed by atoms with E-state index in [9.17, 15) is 18.0 Å². The van der Waals surface area contributed by atoms with Crippen molar-refractivity contribution in [2.45, 2.75) is 25.9 Å². The van der Waals surface area contributed by atoms with E-state index in [0.29, 0.717) is 6.42 Å². The van der Waals surface area contributed by atoms with E-state index >= 15 is 0 Å². The Morgan fingerprint density at radius 1 is 1.36 bits per heavy atom. The van der Waals surface area contributed by atoms with Gasteiger partial charge in [0.25, 0.3) is 5.91 Å². The van der Waals surface area contributed by atoms with E-state index in [1.165, 1.54) is 18.2 Å². The van der Waals surface area contributed by atoms with Gasteiger partial charge in [0.15, 0.2) is 0 Å². The van der Waals surface area contributed by atoms with Crippen molar-refractivity contribution in [3.8, 4) is 6.07 Å². The van der Waals surface area contributed by atoms with Gasteiger partial charge in [-0.25, -0.2) is 0 Å². The SMILES string of the molecule is CCCc1nnc(NC(=O)/C(C#N)=C\c2ccccc2C(F)(F)F)s1. The van der Waals surface area contributed by atoms with Crippen LogP contribution in [0.25, 0.3) is 6.08 Å². The van der Waals surface area contributed by atoms with Gasteiger partial charge in [0.1, 0.15) is 16.6 Å². The van der Waals surface area contributed by atoms with E-state index in [4.69, 9.17) is 5.26 Å². The number of aryl methyl sites for hydroxylation is 1. The first-order valence-electron chi connectivity index (χ1n) is 7.27. The summed E-state index contributed by atoms with van der Waals surface area (Å²) in [5.41, 5.74) is -1.63. The molecule has 0 aliphatic heterocycles. The summed E-state index contributed by atoms with van der Waals surface area (Å²) in [6, 6.07) is 6.34. The number of aromatic nitrogens is 2. The molecule has 0 saturated heterocycles. The van der Waals surface area contributed by atoms with E-state index < -0.39 is 23.2 Å². The maximum Gasteiger partial charge on any atom is 0.416 e. The van der Waals surface area contributed by atoms with Crippen molar-refractivity contribution < 1.29 is 18.0 Å². The Morgan fingerprint density at radius 2 is 2.08 bits per heavy atom. The maximum atomic E-state index is 13.0. The molecule has 0 aliphatic rings. The van der Waals surface area contributed by atoms with Crippen molar-refractivity contribution >= 4 is 28.5 Å².